The van der Waals surface area contributed by atoms with Gasteiger partial charge >= 0.3 is 5.97 Å². The third kappa shape index (κ3) is 6.86. The summed E-state index contributed by atoms with van der Waals surface area (Å²) < 4.78 is 0. The van der Waals surface area contributed by atoms with E-state index >= 15 is 4.79 Å². The molecule has 0 aromatic heterocycles. The van der Waals surface area contributed by atoms with Crippen LogP contribution in [0.5, 0.6) is 0 Å². The predicted molar refractivity (Wildman–Crippen MR) is 309 cm³/mol. The van der Waals surface area contributed by atoms with Crippen LogP contribution >= 0.6 is 0 Å². The van der Waals surface area contributed by atoms with Crippen molar-refractivity contribution in [1.82, 2.24) is 0 Å². The molecule has 0 atom stereocenters. The standard InChI is InChI=1S/C69H47N3O2/c70-68(71)72-66-63(57-39-15-27-45-21-3-9-33-51(45)57)61(55-37-13-25-43-19-1-7-31-49(43)55)65(62(56-38-14-26-44-20-2-8-32-50(44)56)64(66)58-40-16-28-46-22-4-10-34-52(46)58)69(67(73)74,59-41-17-29-47-23-5-11-35-53(47)59)60-42-18-30-48-24-6-12-36-54(48)60/h1-42H,(H,73,74)(H4,70,71,72). The van der Waals surface area contributed by atoms with Gasteiger partial charge in [-0.15, -0.1) is 0 Å². The maximum absolute atomic E-state index is 16.5. The fourth-order valence-corrected chi connectivity index (χ4v) is 12.1. The first-order valence-electron chi connectivity index (χ1n) is 24.9. The Morgan fingerprint density at radius 1 is 0.351 bits per heavy atom. The number of anilines is 1. The second-order valence-corrected chi connectivity index (χ2v) is 19.0. The maximum atomic E-state index is 16.5. The zero-order valence-corrected chi connectivity index (χ0v) is 40.2. The number of guanidine groups is 1. The second kappa shape index (κ2) is 17.8. The van der Waals surface area contributed by atoms with Gasteiger partial charge in [-0.3, -0.25) is 10.2 Å². The number of fused-ring (bicyclic) bond motifs is 6. The number of carboxylic acids is 1. The van der Waals surface area contributed by atoms with E-state index in [1.165, 1.54) is 0 Å². The van der Waals surface area contributed by atoms with Crippen molar-refractivity contribution < 1.29 is 9.90 Å². The summed E-state index contributed by atoms with van der Waals surface area (Å²) >= 11 is 0. The monoisotopic (exact) mass is 949 g/mol. The first kappa shape index (κ1) is 44.1. The molecular weight excluding hydrogens is 903 g/mol. The predicted octanol–water partition coefficient (Wildman–Crippen LogP) is 17.0. The van der Waals surface area contributed by atoms with Gasteiger partial charge in [0.05, 0.1) is 5.69 Å². The third-order valence-electron chi connectivity index (χ3n) is 15.1. The summed E-state index contributed by atoms with van der Waals surface area (Å²) in [5, 5.41) is 37.6. The number of carboxylic acid groups (broad SMARTS) is 1. The highest BCUT2D eigenvalue weighted by molar-refractivity contribution is 6.23. The van der Waals surface area contributed by atoms with Gasteiger partial charge in [-0.1, -0.05) is 255 Å². The van der Waals surface area contributed by atoms with Crippen molar-refractivity contribution >= 4 is 82.3 Å². The molecule has 0 amide bonds. The summed E-state index contributed by atoms with van der Waals surface area (Å²) in [7, 11) is 0. The van der Waals surface area contributed by atoms with E-state index in [4.69, 9.17) is 5.73 Å². The topological polar surface area (TPSA) is 99.2 Å². The molecule has 13 aromatic rings. The van der Waals surface area contributed by atoms with Gasteiger partial charge < -0.3 is 16.2 Å². The van der Waals surface area contributed by atoms with E-state index in [2.05, 4.69) is 163 Å². The van der Waals surface area contributed by atoms with E-state index in [1.54, 1.807) is 0 Å². The Labute approximate surface area is 427 Å². The number of hydrogen-bond acceptors (Lipinski definition) is 2. The molecule has 5 N–H and O–H groups in total. The molecule has 0 saturated carbocycles. The van der Waals surface area contributed by atoms with Gasteiger partial charge in [-0.25, -0.2) is 0 Å². The summed E-state index contributed by atoms with van der Waals surface area (Å²) in [4.78, 5) is 16.5. The van der Waals surface area contributed by atoms with Crippen molar-refractivity contribution in [2.24, 2.45) is 5.73 Å². The molecule has 350 valence electrons. The average Bonchev–Trinajstić information content (AvgIpc) is 3.46. The van der Waals surface area contributed by atoms with Crippen molar-refractivity contribution in [1.29, 1.82) is 5.41 Å². The van der Waals surface area contributed by atoms with Gasteiger partial charge in [0.25, 0.3) is 0 Å². The highest BCUT2D eigenvalue weighted by atomic mass is 16.4. The number of hydrogen-bond donors (Lipinski definition) is 4. The molecule has 13 rings (SSSR count). The summed E-state index contributed by atoms with van der Waals surface area (Å²) in [5.41, 5.74) is 13.3. The van der Waals surface area contributed by atoms with Crippen molar-refractivity contribution in [2.45, 2.75) is 5.41 Å². The molecule has 0 aliphatic rings. The SMILES string of the molecule is N=C(N)Nc1c(-c2cccc3ccccc23)c(-c2cccc3ccccc23)c(C(C(=O)O)(c2cccc3ccccc23)c2cccc3ccccc23)c(-c2cccc3ccccc23)c1-c1cccc2ccccc12. The lowest BCUT2D eigenvalue weighted by Gasteiger charge is -2.40. The van der Waals surface area contributed by atoms with Crippen LogP contribution in [-0.4, -0.2) is 17.0 Å². The summed E-state index contributed by atoms with van der Waals surface area (Å²) in [5.74, 6) is -1.31. The highest BCUT2D eigenvalue weighted by Crippen LogP contribution is 2.61. The molecule has 5 heteroatoms. The lowest BCUT2D eigenvalue weighted by atomic mass is 9.61. The molecule has 0 heterocycles. The van der Waals surface area contributed by atoms with Crippen LogP contribution in [0, 0.1) is 5.41 Å². The number of aliphatic carboxylic acids is 1. The zero-order valence-electron chi connectivity index (χ0n) is 40.2. The molecular formula is C69H47N3O2. The van der Waals surface area contributed by atoms with Crippen molar-refractivity contribution in [3.8, 4) is 44.5 Å². The van der Waals surface area contributed by atoms with Gasteiger partial charge in [0.1, 0.15) is 5.41 Å². The number of rotatable bonds is 9. The Balaban J connectivity index is 1.45. The van der Waals surface area contributed by atoms with Crippen LogP contribution in [0.15, 0.2) is 255 Å². The summed E-state index contributed by atoms with van der Waals surface area (Å²) in [6, 6.07) is 87.0. The number of carbonyl (C=O) groups is 1. The van der Waals surface area contributed by atoms with Crippen LogP contribution in [0.1, 0.15) is 16.7 Å². The number of benzene rings is 13. The first-order valence-corrected chi connectivity index (χ1v) is 24.9. The van der Waals surface area contributed by atoms with E-state index in [-0.39, 0.29) is 5.96 Å². The number of nitrogens with one attached hydrogen (secondary N) is 2. The molecule has 0 aliphatic carbocycles. The van der Waals surface area contributed by atoms with E-state index in [1.807, 2.05) is 97.1 Å². The number of nitrogens with two attached hydrogens (primary N) is 1. The minimum absolute atomic E-state index is 0.263. The Bertz CT molecular complexity index is 4150. The van der Waals surface area contributed by atoms with Crippen molar-refractivity contribution in [3.05, 3.63) is 271 Å². The van der Waals surface area contributed by atoms with Crippen molar-refractivity contribution in [2.75, 3.05) is 5.32 Å². The van der Waals surface area contributed by atoms with E-state index in [0.29, 0.717) is 44.6 Å². The molecule has 0 unspecified atom stereocenters. The maximum Gasteiger partial charge on any atom is 0.323 e. The molecule has 0 bridgehead atoms. The molecule has 0 fully saturated rings. The normalized spacial score (nSPS) is 11.7. The van der Waals surface area contributed by atoms with Crippen molar-refractivity contribution in [3.63, 3.8) is 0 Å². The smallest absolute Gasteiger partial charge is 0.323 e. The second-order valence-electron chi connectivity index (χ2n) is 19.0. The third-order valence-corrected chi connectivity index (χ3v) is 15.1. The summed E-state index contributed by atoms with van der Waals surface area (Å²) in [6.45, 7) is 0. The van der Waals surface area contributed by atoms with Crippen LogP contribution in [0.25, 0.3) is 109 Å². The van der Waals surface area contributed by atoms with Gasteiger partial charge in [0, 0.05) is 11.1 Å². The Kier molecular flexibility index (Phi) is 10.6. The summed E-state index contributed by atoms with van der Waals surface area (Å²) in [6.07, 6.45) is 0. The van der Waals surface area contributed by atoms with E-state index < -0.39 is 11.4 Å². The Morgan fingerprint density at radius 3 is 0.919 bits per heavy atom. The molecule has 0 spiro atoms. The van der Waals surface area contributed by atoms with Crippen LogP contribution in [0.4, 0.5) is 5.69 Å². The Hall–Kier alpha value is -9.84. The zero-order chi connectivity index (χ0) is 49.9. The van der Waals surface area contributed by atoms with E-state index in [9.17, 15) is 10.5 Å². The van der Waals surface area contributed by atoms with Crippen LogP contribution in [0.2, 0.25) is 0 Å². The molecule has 0 saturated heterocycles. The van der Waals surface area contributed by atoms with Gasteiger partial charge in [-0.2, -0.15) is 0 Å². The van der Waals surface area contributed by atoms with Crippen LogP contribution < -0.4 is 11.1 Å². The van der Waals surface area contributed by atoms with Gasteiger partial charge in [0.2, 0.25) is 0 Å². The van der Waals surface area contributed by atoms with Crippen LogP contribution in [0.3, 0.4) is 0 Å². The van der Waals surface area contributed by atoms with E-state index in [0.717, 1.165) is 86.9 Å². The molecule has 5 nitrogen and oxygen atoms in total. The fraction of sp³-hybridized carbons (Fsp3) is 0.0145. The fourth-order valence-electron chi connectivity index (χ4n) is 12.1. The Morgan fingerprint density at radius 2 is 0.608 bits per heavy atom. The largest absolute Gasteiger partial charge is 0.480 e. The average molecular weight is 950 g/mol. The minimum Gasteiger partial charge on any atom is -0.480 e. The van der Waals surface area contributed by atoms with Gasteiger partial charge in [0.15, 0.2) is 5.96 Å². The highest BCUT2D eigenvalue weighted by Gasteiger charge is 2.51. The molecule has 74 heavy (non-hydrogen) atoms. The molecule has 0 radical (unpaired) electrons. The lowest BCUT2D eigenvalue weighted by molar-refractivity contribution is -0.140. The lowest BCUT2D eigenvalue weighted by Crippen LogP contribution is -2.40. The first-order chi connectivity index (χ1) is 36.4. The minimum atomic E-state index is -1.99. The van der Waals surface area contributed by atoms with Crippen LogP contribution in [-0.2, 0) is 10.2 Å². The quantitative estimate of drug-likeness (QED) is 0.0658. The molecule has 0 aliphatic heterocycles. The van der Waals surface area contributed by atoms with Gasteiger partial charge in [-0.05, 0) is 115 Å². The molecule has 13 aromatic carbocycles.